The van der Waals surface area contributed by atoms with Crippen molar-refractivity contribution in [3.63, 3.8) is 0 Å². The first-order valence-electron chi connectivity index (χ1n) is 12.9. The molecule has 0 bridgehead atoms. The molecule has 3 nitrogen and oxygen atoms in total. The Morgan fingerprint density at radius 2 is 0.949 bits per heavy atom. The lowest BCUT2D eigenvalue weighted by Gasteiger charge is -2.07. The monoisotopic (exact) mass is 504 g/mol. The Kier molecular flexibility index (Phi) is 6.55. The number of phenolic OH excluding ortho intramolecular Hbond substituents is 1. The average molecular weight is 505 g/mol. The van der Waals surface area contributed by atoms with Crippen LogP contribution in [0.4, 0.5) is 0 Å². The maximum Gasteiger partial charge on any atom is 0.211 e. The maximum atomic E-state index is 10.4. The lowest BCUT2D eigenvalue weighted by Crippen LogP contribution is -2.29. The van der Waals surface area contributed by atoms with Crippen LogP contribution in [0.15, 0.2) is 153 Å². The molecule has 0 fully saturated rings. The fourth-order valence-corrected chi connectivity index (χ4v) is 4.87. The normalized spacial score (nSPS) is 10.8. The summed E-state index contributed by atoms with van der Waals surface area (Å²) < 4.78 is 4.19. The molecule has 0 atom stereocenters. The van der Waals surface area contributed by atoms with Crippen molar-refractivity contribution >= 4 is 6.08 Å². The van der Waals surface area contributed by atoms with E-state index >= 15 is 0 Å². The first-order chi connectivity index (χ1) is 19.2. The highest BCUT2D eigenvalue weighted by Gasteiger charge is 2.14. The summed E-state index contributed by atoms with van der Waals surface area (Å²) in [5.41, 5.74) is 9.61. The van der Waals surface area contributed by atoms with Gasteiger partial charge < -0.3 is 5.11 Å². The second kappa shape index (κ2) is 10.6. The van der Waals surface area contributed by atoms with Gasteiger partial charge in [-0.25, -0.2) is 0 Å². The van der Waals surface area contributed by atoms with E-state index < -0.39 is 0 Å². The molecule has 6 aromatic rings. The highest BCUT2D eigenvalue weighted by molar-refractivity contribution is 5.76. The minimum Gasteiger partial charge on any atom is -0.507 e. The SMILES string of the molecule is C=Cc1ccc(-[n+]2ccc(-c3cc[n+](-c4ccc(O)c(-c5ccccc5)c4)cc3)cc2)cc1-c1ccccc1. The maximum absolute atomic E-state index is 10.4. The molecule has 2 heterocycles. The number of hydrogen-bond donors (Lipinski definition) is 1. The van der Waals surface area contributed by atoms with Crippen LogP contribution >= 0.6 is 0 Å². The summed E-state index contributed by atoms with van der Waals surface area (Å²) >= 11 is 0. The van der Waals surface area contributed by atoms with E-state index in [2.05, 4.69) is 107 Å². The van der Waals surface area contributed by atoms with Gasteiger partial charge in [-0.15, -0.1) is 0 Å². The number of nitrogens with zero attached hydrogens (tertiary/aromatic N) is 2. The second-order valence-corrected chi connectivity index (χ2v) is 9.40. The second-order valence-electron chi connectivity index (χ2n) is 9.40. The number of rotatable bonds is 6. The van der Waals surface area contributed by atoms with E-state index in [1.807, 2.05) is 54.6 Å². The van der Waals surface area contributed by atoms with Crippen LogP contribution in [-0.4, -0.2) is 5.11 Å². The van der Waals surface area contributed by atoms with E-state index in [-0.39, 0.29) is 5.75 Å². The van der Waals surface area contributed by atoms with Crippen molar-refractivity contribution in [3.8, 4) is 50.5 Å². The summed E-state index contributed by atoms with van der Waals surface area (Å²) in [6, 6.07) is 41.0. The zero-order valence-corrected chi connectivity index (χ0v) is 21.5. The third kappa shape index (κ3) is 4.98. The third-order valence-corrected chi connectivity index (χ3v) is 6.99. The van der Waals surface area contributed by atoms with Crippen LogP contribution < -0.4 is 9.13 Å². The molecule has 0 saturated heterocycles. The average Bonchev–Trinajstić information content (AvgIpc) is 3.02. The van der Waals surface area contributed by atoms with Gasteiger partial charge in [-0.3, -0.25) is 0 Å². The molecule has 0 aliphatic heterocycles. The molecule has 4 aromatic carbocycles. The summed E-state index contributed by atoms with van der Waals surface area (Å²) in [5.74, 6) is 0.273. The van der Waals surface area contributed by atoms with Crippen LogP contribution in [0, 0.1) is 0 Å². The summed E-state index contributed by atoms with van der Waals surface area (Å²) in [7, 11) is 0. The van der Waals surface area contributed by atoms with E-state index in [4.69, 9.17) is 0 Å². The van der Waals surface area contributed by atoms with Gasteiger partial charge >= 0.3 is 0 Å². The summed E-state index contributed by atoms with van der Waals surface area (Å²) in [6.45, 7) is 3.99. The van der Waals surface area contributed by atoms with Crippen molar-refractivity contribution < 1.29 is 14.2 Å². The molecule has 0 aliphatic carbocycles. The minimum absolute atomic E-state index is 0.273. The van der Waals surface area contributed by atoms with Crippen molar-refractivity contribution in [2.75, 3.05) is 0 Å². The van der Waals surface area contributed by atoms with Crippen LogP contribution in [-0.2, 0) is 0 Å². The van der Waals surface area contributed by atoms with E-state index in [0.717, 1.165) is 44.8 Å². The number of pyridine rings is 2. The summed E-state index contributed by atoms with van der Waals surface area (Å²) in [6.07, 6.45) is 10.2. The van der Waals surface area contributed by atoms with E-state index in [1.165, 1.54) is 5.56 Å². The largest absolute Gasteiger partial charge is 0.507 e. The molecule has 3 heteroatoms. The zero-order valence-electron chi connectivity index (χ0n) is 21.5. The molecular formula is C36H28N2O+2. The van der Waals surface area contributed by atoms with Gasteiger partial charge in [-0.2, -0.15) is 9.13 Å². The van der Waals surface area contributed by atoms with Gasteiger partial charge in [0.05, 0.1) is 0 Å². The molecule has 0 spiro atoms. The molecule has 2 aromatic heterocycles. The molecule has 0 aliphatic rings. The Balaban J connectivity index is 1.26. The van der Waals surface area contributed by atoms with E-state index in [9.17, 15) is 5.11 Å². The zero-order chi connectivity index (χ0) is 26.6. The third-order valence-electron chi connectivity index (χ3n) is 6.99. The van der Waals surface area contributed by atoms with Crippen LogP contribution in [0.1, 0.15) is 5.56 Å². The number of aromatic nitrogens is 2. The van der Waals surface area contributed by atoms with Crippen molar-refractivity contribution in [3.05, 3.63) is 158 Å². The van der Waals surface area contributed by atoms with Crippen LogP contribution in [0.3, 0.4) is 0 Å². The van der Waals surface area contributed by atoms with Gasteiger partial charge in [0.15, 0.2) is 24.8 Å². The van der Waals surface area contributed by atoms with E-state index in [0.29, 0.717) is 0 Å². The first-order valence-corrected chi connectivity index (χ1v) is 12.9. The molecule has 39 heavy (non-hydrogen) atoms. The minimum atomic E-state index is 0.273. The highest BCUT2D eigenvalue weighted by atomic mass is 16.3. The van der Waals surface area contributed by atoms with Crippen molar-refractivity contribution in [2.24, 2.45) is 0 Å². The van der Waals surface area contributed by atoms with Crippen molar-refractivity contribution in [1.29, 1.82) is 0 Å². The van der Waals surface area contributed by atoms with Crippen molar-refractivity contribution in [1.82, 2.24) is 0 Å². The van der Waals surface area contributed by atoms with Gasteiger partial charge in [-0.1, -0.05) is 73.3 Å². The van der Waals surface area contributed by atoms with Crippen molar-refractivity contribution in [2.45, 2.75) is 0 Å². The predicted octanol–water partition coefficient (Wildman–Crippen LogP) is 7.59. The topological polar surface area (TPSA) is 28.0 Å². The molecule has 6 rings (SSSR count). The Morgan fingerprint density at radius 3 is 1.46 bits per heavy atom. The number of hydrogen-bond acceptors (Lipinski definition) is 1. The highest BCUT2D eigenvalue weighted by Crippen LogP contribution is 2.30. The Bertz CT molecular complexity index is 1740. The van der Waals surface area contributed by atoms with E-state index in [1.54, 1.807) is 6.07 Å². The Morgan fingerprint density at radius 1 is 0.487 bits per heavy atom. The molecule has 0 amide bonds. The molecule has 0 radical (unpaired) electrons. The lowest BCUT2D eigenvalue weighted by molar-refractivity contribution is -0.596. The number of aromatic hydroxyl groups is 1. The van der Waals surface area contributed by atoms with Gasteiger partial charge in [0.25, 0.3) is 0 Å². The van der Waals surface area contributed by atoms with Crippen LogP contribution in [0.25, 0.3) is 50.8 Å². The van der Waals surface area contributed by atoms with Gasteiger partial charge in [0.2, 0.25) is 11.4 Å². The van der Waals surface area contributed by atoms with Gasteiger partial charge in [0, 0.05) is 54.1 Å². The van der Waals surface area contributed by atoms with Crippen LogP contribution in [0.2, 0.25) is 0 Å². The molecule has 0 saturated carbocycles. The molecule has 186 valence electrons. The quantitative estimate of drug-likeness (QED) is 0.233. The summed E-state index contributed by atoms with van der Waals surface area (Å²) in [5, 5.41) is 10.4. The predicted molar refractivity (Wildman–Crippen MR) is 158 cm³/mol. The Hall–Kier alpha value is -5.28. The fraction of sp³-hybridized carbons (Fsp3) is 0. The fourth-order valence-electron chi connectivity index (χ4n) is 4.87. The molecular weight excluding hydrogens is 476 g/mol. The number of phenols is 1. The van der Waals surface area contributed by atoms with Gasteiger partial charge in [-0.05, 0) is 45.5 Å². The lowest BCUT2D eigenvalue weighted by atomic mass is 9.99. The Labute approximate surface area is 228 Å². The standard InChI is InChI=1S/C36H27N2O/c1-2-27-13-14-32(25-34(27)30-9-5-3-6-10-30)37-21-17-28(18-22-37)29-19-23-38(24-20-29)33-15-16-36(39)35(26-33)31-11-7-4-8-12-31/h2-26H,1H2/q+1/p+1. The van der Waals surface area contributed by atoms with Gasteiger partial charge in [0.1, 0.15) is 5.75 Å². The first kappa shape index (κ1) is 24.1. The molecule has 1 N–H and O–H groups in total. The molecule has 0 unspecified atom stereocenters. The van der Waals surface area contributed by atoms with Crippen LogP contribution in [0.5, 0.6) is 5.75 Å². The number of benzene rings is 4. The smallest absolute Gasteiger partial charge is 0.211 e. The summed E-state index contributed by atoms with van der Waals surface area (Å²) in [4.78, 5) is 0.